The summed E-state index contributed by atoms with van der Waals surface area (Å²) in [4.78, 5) is 0. The minimum Gasteiger partial charge on any atom is -0.455 e. The second-order valence-corrected chi connectivity index (χ2v) is 11.3. The fraction of sp³-hybridized carbons (Fsp3) is 0. The molecule has 1 aromatic heterocycles. The normalized spacial score (nSPS) is 11.1. The lowest BCUT2D eigenvalue weighted by Crippen LogP contribution is -1.92. The molecule has 0 saturated heterocycles. The molecule has 0 fully saturated rings. The predicted molar refractivity (Wildman–Crippen MR) is 189 cm³/mol. The van der Waals surface area contributed by atoms with Gasteiger partial charge in [0.15, 0.2) is 0 Å². The molecule has 0 aliphatic rings. The number of hydrogen-bond donors (Lipinski definition) is 0. The van der Waals surface area contributed by atoms with Gasteiger partial charge in [-0.15, -0.1) is 0 Å². The Bertz CT molecular complexity index is 2170. The first kappa shape index (κ1) is 26.7. The number of fused-ring (bicyclic) bond motifs is 1. The van der Waals surface area contributed by atoms with Crippen molar-refractivity contribution in [1.82, 2.24) is 0 Å². The monoisotopic (exact) mass is 574 g/mol. The predicted octanol–water partition coefficient (Wildman–Crippen LogP) is 12.4. The second-order valence-electron chi connectivity index (χ2n) is 11.3. The van der Waals surface area contributed by atoms with Crippen LogP contribution in [0.3, 0.4) is 0 Å². The molecule has 0 aliphatic carbocycles. The first-order valence-electron chi connectivity index (χ1n) is 15.4. The summed E-state index contributed by atoms with van der Waals surface area (Å²) in [7, 11) is 0. The van der Waals surface area contributed by atoms with Crippen molar-refractivity contribution in [3.05, 3.63) is 182 Å². The minimum atomic E-state index is 0.876. The van der Waals surface area contributed by atoms with E-state index < -0.39 is 0 Å². The molecule has 7 aromatic carbocycles. The van der Waals surface area contributed by atoms with Gasteiger partial charge in [0.1, 0.15) is 11.5 Å². The van der Waals surface area contributed by atoms with Gasteiger partial charge >= 0.3 is 0 Å². The van der Waals surface area contributed by atoms with Gasteiger partial charge in [-0.2, -0.15) is 0 Å². The van der Waals surface area contributed by atoms with Crippen molar-refractivity contribution in [1.29, 1.82) is 0 Å². The largest absolute Gasteiger partial charge is 0.455 e. The van der Waals surface area contributed by atoms with Gasteiger partial charge in [0.05, 0.1) is 0 Å². The zero-order valence-electron chi connectivity index (χ0n) is 24.7. The Morgan fingerprint density at radius 3 is 1.16 bits per heavy atom. The van der Waals surface area contributed by atoms with Crippen LogP contribution in [0.4, 0.5) is 0 Å². The average Bonchev–Trinajstić information content (AvgIpc) is 3.52. The van der Waals surface area contributed by atoms with Crippen molar-refractivity contribution in [3.63, 3.8) is 0 Å². The lowest BCUT2D eigenvalue weighted by atomic mass is 9.86. The highest BCUT2D eigenvalue weighted by Crippen LogP contribution is 2.49. The highest BCUT2D eigenvalue weighted by Gasteiger charge is 2.24. The Morgan fingerprint density at radius 1 is 0.267 bits per heavy atom. The molecule has 0 N–H and O–H groups in total. The Kier molecular flexibility index (Phi) is 6.90. The van der Waals surface area contributed by atoms with E-state index in [0.29, 0.717) is 0 Å². The Hall–Kier alpha value is -5.92. The second kappa shape index (κ2) is 11.6. The molecule has 45 heavy (non-hydrogen) atoms. The molecule has 212 valence electrons. The van der Waals surface area contributed by atoms with Gasteiger partial charge in [0, 0.05) is 21.9 Å². The summed E-state index contributed by atoms with van der Waals surface area (Å²) < 4.78 is 7.17. The van der Waals surface area contributed by atoms with E-state index >= 15 is 0 Å². The zero-order chi connectivity index (χ0) is 30.0. The summed E-state index contributed by atoms with van der Waals surface area (Å²) in [5.41, 5.74) is 11.4. The molecule has 8 rings (SSSR count). The summed E-state index contributed by atoms with van der Waals surface area (Å²) >= 11 is 0. The third kappa shape index (κ3) is 4.95. The number of rotatable bonds is 6. The van der Waals surface area contributed by atoms with E-state index in [1.54, 1.807) is 0 Å². The van der Waals surface area contributed by atoms with E-state index in [1.165, 1.54) is 11.1 Å². The summed E-state index contributed by atoms with van der Waals surface area (Å²) in [6, 6.07) is 64.3. The Morgan fingerprint density at radius 2 is 0.644 bits per heavy atom. The molecule has 0 radical (unpaired) electrons. The van der Waals surface area contributed by atoms with Gasteiger partial charge in [-0.1, -0.05) is 170 Å². The maximum atomic E-state index is 7.17. The Balaban J connectivity index is 1.47. The van der Waals surface area contributed by atoms with Crippen LogP contribution in [0.1, 0.15) is 0 Å². The highest BCUT2D eigenvalue weighted by atomic mass is 16.3. The molecule has 0 saturated carbocycles. The average molecular weight is 575 g/mol. The van der Waals surface area contributed by atoms with Gasteiger partial charge < -0.3 is 4.42 Å². The van der Waals surface area contributed by atoms with Gasteiger partial charge in [-0.05, 0) is 56.6 Å². The maximum absolute atomic E-state index is 7.17. The first-order chi connectivity index (χ1) is 22.3. The molecule has 0 atom stereocenters. The first-order valence-corrected chi connectivity index (χ1v) is 15.4. The number of hydrogen-bond acceptors (Lipinski definition) is 1. The quantitative estimate of drug-likeness (QED) is 0.192. The van der Waals surface area contributed by atoms with Crippen molar-refractivity contribution >= 4 is 10.8 Å². The zero-order valence-corrected chi connectivity index (χ0v) is 24.7. The highest BCUT2D eigenvalue weighted by molar-refractivity contribution is 6.09. The van der Waals surface area contributed by atoms with Crippen LogP contribution < -0.4 is 0 Å². The molecule has 1 heterocycles. The molecule has 0 bridgehead atoms. The molecule has 1 heteroatoms. The minimum absolute atomic E-state index is 0.876. The van der Waals surface area contributed by atoms with Crippen LogP contribution in [0.5, 0.6) is 0 Å². The molecule has 1 nitrogen and oxygen atoms in total. The van der Waals surface area contributed by atoms with Gasteiger partial charge in [-0.3, -0.25) is 0 Å². The van der Waals surface area contributed by atoms with Crippen molar-refractivity contribution in [2.24, 2.45) is 0 Å². The van der Waals surface area contributed by atoms with Crippen LogP contribution >= 0.6 is 0 Å². The smallest absolute Gasteiger partial charge is 0.143 e. The van der Waals surface area contributed by atoms with Crippen molar-refractivity contribution in [2.45, 2.75) is 0 Å². The SMILES string of the molecule is c1ccc(-c2cc(-c3ccccc3)c(-c3oc(-c4ccccc4-c4ccccc4)c4ccccc34)c(-c3ccccc3)c2)cc1. The molecular weight excluding hydrogens is 544 g/mol. The van der Waals surface area contributed by atoms with Crippen LogP contribution in [0, 0.1) is 0 Å². The van der Waals surface area contributed by atoms with Gasteiger partial charge in [0.2, 0.25) is 0 Å². The standard InChI is InChI=1S/C44H30O/c1-5-17-31(18-6-1)35-29-40(33-21-9-3-10-22-33)42(41(30-35)34-23-11-4-12-24-34)44-39-28-16-15-27-38(39)43(45-44)37-26-14-13-25-36(37)32-19-7-2-8-20-32/h1-30H. The molecule has 0 spiro atoms. The number of benzene rings is 7. The summed E-state index contributed by atoms with van der Waals surface area (Å²) in [6.45, 7) is 0. The van der Waals surface area contributed by atoms with Crippen LogP contribution in [-0.4, -0.2) is 0 Å². The van der Waals surface area contributed by atoms with Gasteiger partial charge in [-0.25, -0.2) is 0 Å². The molecular formula is C44H30O. The van der Waals surface area contributed by atoms with Crippen molar-refractivity contribution < 1.29 is 4.42 Å². The van der Waals surface area contributed by atoms with E-state index in [0.717, 1.165) is 66.8 Å². The van der Waals surface area contributed by atoms with Crippen LogP contribution in [-0.2, 0) is 0 Å². The van der Waals surface area contributed by atoms with E-state index in [2.05, 4.69) is 182 Å². The Labute approximate surface area is 263 Å². The van der Waals surface area contributed by atoms with Crippen molar-refractivity contribution in [3.8, 4) is 67.2 Å². The van der Waals surface area contributed by atoms with Crippen LogP contribution in [0.2, 0.25) is 0 Å². The lowest BCUT2D eigenvalue weighted by molar-refractivity contribution is 0.602. The van der Waals surface area contributed by atoms with E-state index in [-0.39, 0.29) is 0 Å². The van der Waals surface area contributed by atoms with Crippen LogP contribution in [0.25, 0.3) is 77.9 Å². The molecule has 8 aromatic rings. The fourth-order valence-corrected chi connectivity index (χ4v) is 6.40. The third-order valence-electron chi connectivity index (χ3n) is 8.52. The van der Waals surface area contributed by atoms with E-state index in [9.17, 15) is 0 Å². The summed E-state index contributed by atoms with van der Waals surface area (Å²) in [5.74, 6) is 1.76. The number of furan rings is 1. The van der Waals surface area contributed by atoms with Crippen LogP contribution in [0.15, 0.2) is 186 Å². The maximum Gasteiger partial charge on any atom is 0.143 e. The topological polar surface area (TPSA) is 13.1 Å². The van der Waals surface area contributed by atoms with Gasteiger partial charge in [0.25, 0.3) is 0 Å². The molecule has 0 unspecified atom stereocenters. The molecule has 0 amide bonds. The summed E-state index contributed by atoms with van der Waals surface area (Å²) in [5, 5.41) is 2.19. The summed E-state index contributed by atoms with van der Waals surface area (Å²) in [6.07, 6.45) is 0. The molecule has 0 aliphatic heterocycles. The fourth-order valence-electron chi connectivity index (χ4n) is 6.40. The lowest BCUT2D eigenvalue weighted by Gasteiger charge is -2.18. The third-order valence-corrected chi connectivity index (χ3v) is 8.52. The van der Waals surface area contributed by atoms with Crippen molar-refractivity contribution in [2.75, 3.05) is 0 Å². The van der Waals surface area contributed by atoms with E-state index in [4.69, 9.17) is 4.42 Å². The van der Waals surface area contributed by atoms with E-state index in [1.807, 2.05) is 0 Å².